The highest BCUT2D eigenvalue weighted by atomic mass is 15.3. The van der Waals surface area contributed by atoms with Crippen LogP contribution < -0.4 is 5.32 Å². The number of piperazine rings is 1. The van der Waals surface area contributed by atoms with Gasteiger partial charge in [-0.3, -0.25) is 4.90 Å². The molecule has 0 bridgehead atoms. The lowest BCUT2D eigenvalue weighted by atomic mass is 9.84. The average Bonchev–Trinajstić information content (AvgIpc) is 2.80. The van der Waals surface area contributed by atoms with Crippen LogP contribution in [0.15, 0.2) is 0 Å². The Morgan fingerprint density at radius 2 is 2.00 bits per heavy atom. The van der Waals surface area contributed by atoms with Crippen LogP contribution in [0.1, 0.15) is 47.0 Å². The van der Waals surface area contributed by atoms with Crippen LogP contribution in [0.4, 0.5) is 0 Å². The molecule has 0 aromatic carbocycles. The normalized spacial score (nSPS) is 27.5. The lowest BCUT2D eigenvalue weighted by Crippen LogP contribution is -2.51. The number of hydrogen-bond acceptors (Lipinski definition) is 3. The molecule has 2 aliphatic rings. The fraction of sp³-hybridized carbons (Fsp3) is 1.00. The van der Waals surface area contributed by atoms with Crippen molar-refractivity contribution in [3.63, 3.8) is 0 Å². The first-order valence-corrected chi connectivity index (χ1v) is 8.20. The first-order valence-electron chi connectivity index (χ1n) is 8.20. The van der Waals surface area contributed by atoms with Gasteiger partial charge in [0.2, 0.25) is 0 Å². The second-order valence-electron chi connectivity index (χ2n) is 7.40. The van der Waals surface area contributed by atoms with Gasteiger partial charge in [0, 0.05) is 31.7 Å². The second-order valence-corrected chi connectivity index (χ2v) is 7.40. The third-order valence-corrected chi connectivity index (χ3v) is 4.90. The maximum atomic E-state index is 3.67. The Balaban J connectivity index is 1.77. The molecule has 1 N–H and O–H groups in total. The van der Waals surface area contributed by atoms with Crippen molar-refractivity contribution in [1.82, 2.24) is 15.1 Å². The number of nitrogens with one attached hydrogen (secondary N) is 1. The molecule has 0 saturated carbocycles. The van der Waals surface area contributed by atoms with Gasteiger partial charge in [-0.25, -0.2) is 0 Å². The van der Waals surface area contributed by atoms with Crippen LogP contribution >= 0.6 is 0 Å². The topological polar surface area (TPSA) is 18.5 Å². The van der Waals surface area contributed by atoms with E-state index in [2.05, 4.69) is 42.8 Å². The SMILES string of the molecule is CCNC(CCN1CCN2CCCC2C1)C(C)(C)C. The first-order chi connectivity index (χ1) is 9.00. The zero-order valence-electron chi connectivity index (χ0n) is 13.4. The van der Waals surface area contributed by atoms with Crippen molar-refractivity contribution in [2.75, 3.05) is 39.3 Å². The van der Waals surface area contributed by atoms with Gasteiger partial charge in [-0.15, -0.1) is 0 Å². The van der Waals surface area contributed by atoms with E-state index in [4.69, 9.17) is 0 Å². The van der Waals surface area contributed by atoms with Gasteiger partial charge in [0.15, 0.2) is 0 Å². The van der Waals surface area contributed by atoms with E-state index in [9.17, 15) is 0 Å². The minimum absolute atomic E-state index is 0.366. The van der Waals surface area contributed by atoms with Gasteiger partial charge >= 0.3 is 0 Å². The largest absolute Gasteiger partial charge is 0.314 e. The molecule has 2 aliphatic heterocycles. The number of hydrogen-bond donors (Lipinski definition) is 1. The minimum Gasteiger partial charge on any atom is -0.314 e. The standard InChI is InChI=1S/C16H33N3/c1-5-17-15(16(2,3)4)8-10-18-11-12-19-9-6-7-14(19)13-18/h14-15,17H,5-13H2,1-4H3. The van der Waals surface area contributed by atoms with Crippen LogP contribution in [0.2, 0.25) is 0 Å². The van der Waals surface area contributed by atoms with Crippen LogP contribution in [0.25, 0.3) is 0 Å². The molecule has 0 spiro atoms. The smallest absolute Gasteiger partial charge is 0.0224 e. The van der Waals surface area contributed by atoms with Crippen molar-refractivity contribution in [2.45, 2.75) is 59.0 Å². The predicted octanol–water partition coefficient (Wildman–Crippen LogP) is 2.18. The molecule has 2 fully saturated rings. The van der Waals surface area contributed by atoms with E-state index < -0.39 is 0 Å². The van der Waals surface area contributed by atoms with Crippen molar-refractivity contribution >= 4 is 0 Å². The summed E-state index contributed by atoms with van der Waals surface area (Å²) in [5, 5.41) is 3.67. The number of fused-ring (bicyclic) bond motifs is 1. The Hall–Kier alpha value is -0.120. The molecule has 3 heteroatoms. The molecule has 0 aliphatic carbocycles. The van der Waals surface area contributed by atoms with Crippen molar-refractivity contribution in [3.05, 3.63) is 0 Å². The highest BCUT2D eigenvalue weighted by Gasteiger charge is 2.31. The second kappa shape index (κ2) is 6.55. The highest BCUT2D eigenvalue weighted by molar-refractivity contribution is 4.88. The third-order valence-electron chi connectivity index (χ3n) is 4.90. The first kappa shape index (κ1) is 15.3. The lowest BCUT2D eigenvalue weighted by Gasteiger charge is -2.39. The Bertz CT molecular complexity index is 272. The molecule has 112 valence electrons. The minimum atomic E-state index is 0.366. The van der Waals surface area contributed by atoms with Crippen LogP contribution in [0, 0.1) is 5.41 Å². The fourth-order valence-electron chi connectivity index (χ4n) is 3.66. The van der Waals surface area contributed by atoms with Gasteiger partial charge in [-0.05, 0) is 44.3 Å². The van der Waals surface area contributed by atoms with Crippen molar-refractivity contribution < 1.29 is 0 Å². The van der Waals surface area contributed by atoms with Crippen LogP contribution in [-0.2, 0) is 0 Å². The summed E-state index contributed by atoms with van der Waals surface area (Å²) in [4.78, 5) is 5.39. The van der Waals surface area contributed by atoms with Gasteiger partial charge < -0.3 is 10.2 Å². The third kappa shape index (κ3) is 4.17. The molecule has 19 heavy (non-hydrogen) atoms. The monoisotopic (exact) mass is 267 g/mol. The summed E-state index contributed by atoms with van der Waals surface area (Å²) in [6.45, 7) is 16.9. The summed E-state index contributed by atoms with van der Waals surface area (Å²) < 4.78 is 0. The molecular formula is C16H33N3. The molecule has 0 aromatic rings. The zero-order valence-corrected chi connectivity index (χ0v) is 13.4. The van der Waals surface area contributed by atoms with Crippen LogP contribution in [-0.4, -0.2) is 61.2 Å². The molecule has 2 heterocycles. The van der Waals surface area contributed by atoms with E-state index in [-0.39, 0.29) is 0 Å². The van der Waals surface area contributed by atoms with E-state index in [0.717, 1.165) is 12.6 Å². The van der Waals surface area contributed by atoms with E-state index in [0.29, 0.717) is 11.5 Å². The summed E-state index contributed by atoms with van der Waals surface area (Å²) in [6.07, 6.45) is 4.12. The molecule has 2 rings (SSSR count). The Morgan fingerprint density at radius 3 is 2.68 bits per heavy atom. The summed E-state index contributed by atoms with van der Waals surface area (Å²) >= 11 is 0. The summed E-state index contributed by atoms with van der Waals surface area (Å²) in [6, 6.07) is 1.50. The molecule has 0 aromatic heterocycles. The summed E-state index contributed by atoms with van der Waals surface area (Å²) in [5.41, 5.74) is 0.366. The maximum Gasteiger partial charge on any atom is 0.0224 e. The predicted molar refractivity (Wildman–Crippen MR) is 82.6 cm³/mol. The Morgan fingerprint density at radius 1 is 1.21 bits per heavy atom. The lowest BCUT2D eigenvalue weighted by molar-refractivity contribution is 0.0957. The Kier molecular flexibility index (Phi) is 5.27. The summed E-state index contributed by atoms with van der Waals surface area (Å²) in [5.74, 6) is 0. The molecule has 2 saturated heterocycles. The van der Waals surface area contributed by atoms with Crippen LogP contribution in [0.5, 0.6) is 0 Å². The summed E-state index contributed by atoms with van der Waals surface area (Å²) in [7, 11) is 0. The molecule has 3 nitrogen and oxygen atoms in total. The van der Waals surface area contributed by atoms with Gasteiger partial charge in [0.1, 0.15) is 0 Å². The highest BCUT2D eigenvalue weighted by Crippen LogP contribution is 2.24. The zero-order chi connectivity index (χ0) is 13.9. The molecule has 0 radical (unpaired) electrons. The quantitative estimate of drug-likeness (QED) is 0.824. The molecule has 2 atom stereocenters. The van der Waals surface area contributed by atoms with E-state index >= 15 is 0 Å². The number of rotatable bonds is 5. The van der Waals surface area contributed by atoms with Gasteiger partial charge in [-0.1, -0.05) is 27.7 Å². The van der Waals surface area contributed by atoms with E-state index in [1.54, 1.807) is 0 Å². The molecule has 2 unspecified atom stereocenters. The van der Waals surface area contributed by atoms with Crippen molar-refractivity contribution in [1.29, 1.82) is 0 Å². The van der Waals surface area contributed by atoms with E-state index in [1.807, 2.05) is 0 Å². The fourth-order valence-corrected chi connectivity index (χ4v) is 3.66. The van der Waals surface area contributed by atoms with Gasteiger partial charge in [-0.2, -0.15) is 0 Å². The van der Waals surface area contributed by atoms with Crippen molar-refractivity contribution in [2.24, 2.45) is 5.41 Å². The molecule has 0 amide bonds. The average molecular weight is 267 g/mol. The van der Waals surface area contributed by atoms with Crippen LogP contribution in [0.3, 0.4) is 0 Å². The van der Waals surface area contributed by atoms with E-state index in [1.165, 1.54) is 52.0 Å². The molecular weight excluding hydrogens is 234 g/mol. The number of nitrogens with zero attached hydrogens (tertiary/aromatic N) is 2. The van der Waals surface area contributed by atoms with Crippen molar-refractivity contribution in [3.8, 4) is 0 Å². The maximum absolute atomic E-state index is 3.67. The van der Waals surface area contributed by atoms with Gasteiger partial charge in [0.05, 0.1) is 0 Å². The Labute approximate surface area is 119 Å². The van der Waals surface area contributed by atoms with Gasteiger partial charge in [0.25, 0.3) is 0 Å².